The molecular weight excluding hydrogens is 338 g/mol. The minimum atomic E-state index is 0.770. The Balaban J connectivity index is 2.20. The van der Waals surface area contributed by atoms with E-state index in [-0.39, 0.29) is 0 Å². The lowest BCUT2D eigenvalue weighted by atomic mass is 10.3. The number of nitrogens with zero attached hydrogens (tertiary/aromatic N) is 2. The van der Waals surface area contributed by atoms with Crippen LogP contribution < -0.4 is 10.5 Å². The highest BCUT2D eigenvalue weighted by atomic mass is 79.9. The van der Waals surface area contributed by atoms with Gasteiger partial charge in [-0.25, -0.2) is 0 Å². The summed E-state index contributed by atoms with van der Waals surface area (Å²) in [5.74, 6) is 1.63. The number of benzene rings is 1. The molecule has 0 saturated heterocycles. The molecule has 6 heteroatoms. The maximum Gasteiger partial charge on any atom is 0.120 e. The van der Waals surface area contributed by atoms with Gasteiger partial charge in [-0.05, 0) is 48.0 Å². The highest BCUT2D eigenvalue weighted by Gasteiger charge is 2.13. The molecule has 0 fully saturated rings. The van der Waals surface area contributed by atoms with Crippen molar-refractivity contribution >= 4 is 33.4 Å². The van der Waals surface area contributed by atoms with Crippen molar-refractivity contribution < 1.29 is 4.74 Å². The quantitative estimate of drug-likeness (QED) is 0.653. The molecular formula is C14H18BrN3OS. The highest BCUT2D eigenvalue weighted by molar-refractivity contribution is 9.10. The molecule has 0 atom stereocenters. The average molecular weight is 356 g/mol. The summed E-state index contributed by atoms with van der Waals surface area (Å²) in [6, 6.07) is 5.71. The van der Waals surface area contributed by atoms with Crippen molar-refractivity contribution in [2.24, 2.45) is 0 Å². The zero-order valence-electron chi connectivity index (χ0n) is 11.8. The fraction of sp³-hybridized carbons (Fsp3) is 0.357. The van der Waals surface area contributed by atoms with E-state index >= 15 is 0 Å². The van der Waals surface area contributed by atoms with Gasteiger partial charge in [-0.15, -0.1) is 11.8 Å². The van der Waals surface area contributed by atoms with Crippen molar-refractivity contribution in [3.63, 3.8) is 0 Å². The van der Waals surface area contributed by atoms with Crippen LogP contribution in [0.4, 0.5) is 5.69 Å². The molecule has 108 valence electrons. The van der Waals surface area contributed by atoms with E-state index in [2.05, 4.69) is 28.0 Å². The summed E-state index contributed by atoms with van der Waals surface area (Å²) < 4.78 is 8.33. The van der Waals surface area contributed by atoms with Crippen LogP contribution in [0.5, 0.6) is 5.75 Å². The van der Waals surface area contributed by atoms with Crippen LogP contribution in [0.25, 0.3) is 0 Å². The van der Waals surface area contributed by atoms with E-state index in [1.807, 2.05) is 29.8 Å². The van der Waals surface area contributed by atoms with Gasteiger partial charge >= 0.3 is 0 Å². The van der Waals surface area contributed by atoms with Gasteiger partial charge in [0.15, 0.2) is 0 Å². The number of rotatable bonds is 5. The van der Waals surface area contributed by atoms with E-state index in [9.17, 15) is 0 Å². The van der Waals surface area contributed by atoms with E-state index in [1.54, 1.807) is 18.9 Å². The summed E-state index contributed by atoms with van der Waals surface area (Å²) in [7, 11) is 1.66. The molecule has 0 radical (unpaired) electrons. The third kappa shape index (κ3) is 3.12. The van der Waals surface area contributed by atoms with Crippen molar-refractivity contribution in [1.82, 2.24) is 9.78 Å². The number of hydrogen-bond acceptors (Lipinski definition) is 4. The van der Waals surface area contributed by atoms with Gasteiger partial charge < -0.3 is 10.5 Å². The summed E-state index contributed by atoms with van der Waals surface area (Å²) in [5, 5.41) is 4.50. The molecule has 1 aromatic heterocycles. The van der Waals surface area contributed by atoms with Gasteiger partial charge in [-0.3, -0.25) is 4.68 Å². The average Bonchev–Trinajstić information content (AvgIpc) is 2.73. The van der Waals surface area contributed by atoms with Crippen LogP contribution in [0.15, 0.2) is 27.6 Å². The van der Waals surface area contributed by atoms with Crippen molar-refractivity contribution in [3.05, 3.63) is 34.1 Å². The second kappa shape index (κ2) is 6.54. The topological polar surface area (TPSA) is 53.1 Å². The molecule has 0 aliphatic carbocycles. The number of anilines is 1. The molecule has 0 bridgehead atoms. The van der Waals surface area contributed by atoms with Crippen LogP contribution in [-0.4, -0.2) is 16.9 Å². The van der Waals surface area contributed by atoms with Crippen LogP contribution in [0.1, 0.15) is 18.3 Å². The second-order valence-corrected chi connectivity index (χ2v) is 6.16. The van der Waals surface area contributed by atoms with E-state index < -0.39 is 0 Å². The normalized spacial score (nSPS) is 10.8. The molecule has 0 spiro atoms. The van der Waals surface area contributed by atoms with Crippen molar-refractivity contribution in [2.75, 3.05) is 12.8 Å². The molecule has 0 aliphatic heterocycles. The first-order valence-electron chi connectivity index (χ1n) is 6.34. The summed E-state index contributed by atoms with van der Waals surface area (Å²) in [6.45, 7) is 4.95. The monoisotopic (exact) mass is 355 g/mol. The third-order valence-corrected chi connectivity index (χ3v) is 5.15. The summed E-state index contributed by atoms with van der Waals surface area (Å²) >= 11 is 5.30. The molecule has 0 aliphatic rings. The van der Waals surface area contributed by atoms with Gasteiger partial charge in [0.1, 0.15) is 5.75 Å². The molecule has 20 heavy (non-hydrogen) atoms. The number of hydrogen-bond donors (Lipinski definition) is 1. The molecule has 2 rings (SSSR count). The number of halogens is 1. The minimum Gasteiger partial charge on any atom is -0.497 e. The van der Waals surface area contributed by atoms with Gasteiger partial charge in [0.2, 0.25) is 0 Å². The fourth-order valence-corrected chi connectivity index (χ4v) is 3.55. The van der Waals surface area contributed by atoms with Gasteiger partial charge in [-0.2, -0.15) is 5.10 Å². The van der Waals surface area contributed by atoms with Gasteiger partial charge in [-0.1, -0.05) is 0 Å². The van der Waals surface area contributed by atoms with E-state index in [0.717, 1.165) is 38.8 Å². The first-order chi connectivity index (χ1) is 9.56. The number of aromatic nitrogens is 2. The van der Waals surface area contributed by atoms with Crippen LogP contribution in [0.2, 0.25) is 0 Å². The molecule has 2 N–H and O–H groups in total. The van der Waals surface area contributed by atoms with Crippen molar-refractivity contribution in [3.8, 4) is 5.75 Å². The van der Waals surface area contributed by atoms with Gasteiger partial charge in [0.05, 0.1) is 23.0 Å². The predicted octanol–water partition coefficient (Wildman–Crippen LogP) is 3.86. The standard InChI is InChI=1S/C14H18BrN3OS/c1-4-18-12(14(15)9(2)17-18)8-20-13-7-10(19-3)5-6-11(13)16/h5-7H,4,8,16H2,1-3H3. The molecule has 0 saturated carbocycles. The number of nitrogens with two attached hydrogens (primary N) is 1. The van der Waals surface area contributed by atoms with Gasteiger partial charge in [0, 0.05) is 22.9 Å². The smallest absolute Gasteiger partial charge is 0.120 e. The molecule has 0 amide bonds. The maximum absolute atomic E-state index is 6.01. The van der Waals surface area contributed by atoms with Crippen LogP contribution in [0.3, 0.4) is 0 Å². The van der Waals surface area contributed by atoms with E-state index in [1.165, 1.54) is 5.69 Å². The van der Waals surface area contributed by atoms with Crippen LogP contribution in [-0.2, 0) is 12.3 Å². The number of methoxy groups -OCH3 is 1. The van der Waals surface area contributed by atoms with Crippen molar-refractivity contribution in [2.45, 2.75) is 31.0 Å². The molecule has 4 nitrogen and oxygen atoms in total. The zero-order valence-corrected chi connectivity index (χ0v) is 14.2. The Bertz CT molecular complexity index is 613. The minimum absolute atomic E-state index is 0.770. The zero-order chi connectivity index (χ0) is 14.7. The maximum atomic E-state index is 6.01. The Labute approximate surface area is 131 Å². The van der Waals surface area contributed by atoms with Crippen LogP contribution >= 0.6 is 27.7 Å². The first kappa shape index (κ1) is 15.3. The Morgan fingerprint density at radius 3 is 2.85 bits per heavy atom. The Hall–Kier alpha value is -1.14. The Morgan fingerprint density at radius 1 is 1.45 bits per heavy atom. The summed E-state index contributed by atoms with van der Waals surface area (Å²) in [4.78, 5) is 1.03. The number of ether oxygens (including phenoxy) is 1. The molecule has 0 unspecified atom stereocenters. The second-order valence-electron chi connectivity index (χ2n) is 4.35. The largest absolute Gasteiger partial charge is 0.497 e. The lowest BCUT2D eigenvalue weighted by Gasteiger charge is -2.09. The van der Waals surface area contributed by atoms with Crippen LogP contribution in [0, 0.1) is 6.92 Å². The third-order valence-electron chi connectivity index (χ3n) is 3.04. The predicted molar refractivity (Wildman–Crippen MR) is 87.3 cm³/mol. The lowest BCUT2D eigenvalue weighted by molar-refractivity contribution is 0.414. The lowest BCUT2D eigenvalue weighted by Crippen LogP contribution is -2.02. The number of nitrogen functional groups attached to an aromatic ring is 1. The Kier molecular flexibility index (Phi) is 4.99. The Morgan fingerprint density at radius 2 is 2.20 bits per heavy atom. The molecule has 2 aromatic rings. The van der Waals surface area contributed by atoms with E-state index in [4.69, 9.17) is 10.5 Å². The molecule has 1 aromatic carbocycles. The fourth-order valence-electron chi connectivity index (χ4n) is 1.92. The molecule has 1 heterocycles. The van der Waals surface area contributed by atoms with Crippen molar-refractivity contribution in [1.29, 1.82) is 0 Å². The summed E-state index contributed by atoms with van der Waals surface area (Å²) in [6.07, 6.45) is 0. The van der Waals surface area contributed by atoms with E-state index in [0.29, 0.717) is 0 Å². The highest BCUT2D eigenvalue weighted by Crippen LogP contribution is 2.33. The summed E-state index contributed by atoms with van der Waals surface area (Å²) in [5.41, 5.74) is 8.97. The first-order valence-corrected chi connectivity index (χ1v) is 8.12. The number of aryl methyl sites for hydroxylation is 2. The SMILES string of the molecule is CCn1nc(C)c(Br)c1CSc1cc(OC)ccc1N. The number of thioether (sulfide) groups is 1. The van der Waals surface area contributed by atoms with Gasteiger partial charge in [0.25, 0.3) is 0 Å².